The molecule has 1 aliphatic heterocycles. The van der Waals surface area contributed by atoms with Gasteiger partial charge in [0.2, 0.25) is 5.95 Å². The monoisotopic (exact) mass is 410 g/mol. The number of aromatic nitrogens is 4. The molecular weight excluding hydrogens is 392 g/mol. The van der Waals surface area contributed by atoms with Crippen molar-refractivity contribution in [1.82, 2.24) is 24.8 Å². The summed E-state index contributed by atoms with van der Waals surface area (Å²) in [5, 5.41) is 6.32. The van der Waals surface area contributed by atoms with E-state index in [2.05, 4.69) is 25.6 Å². The van der Waals surface area contributed by atoms with Crippen LogP contribution in [0.3, 0.4) is 0 Å². The van der Waals surface area contributed by atoms with Crippen molar-refractivity contribution in [2.45, 2.75) is 19.1 Å². The van der Waals surface area contributed by atoms with Crippen LogP contribution in [0.5, 0.6) is 0 Å². The van der Waals surface area contributed by atoms with Crippen molar-refractivity contribution in [2.75, 3.05) is 25.0 Å². The van der Waals surface area contributed by atoms with Gasteiger partial charge in [-0.1, -0.05) is 6.07 Å². The van der Waals surface area contributed by atoms with Gasteiger partial charge in [-0.15, -0.1) is 0 Å². The van der Waals surface area contributed by atoms with Gasteiger partial charge in [0.05, 0.1) is 18.3 Å². The summed E-state index contributed by atoms with van der Waals surface area (Å²) in [6, 6.07) is 2.71. The highest BCUT2D eigenvalue weighted by atomic mass is 19.4. The molecule has 0 spiro atoms. The molecule has 1 aromatic carbocycles. The molecule has 3 heterocycles. The molecule has 3 N–H and O–H groups in total. The molecule has 29 heavy (non-hydrogen) atoms. The molecule has 1 fully saturated rings. The van der Waals surface area contributed by atoms with Crippen molar-refractivity contribution in [3.63, 3.8) is 0 Å². The highest BCUT2D eigenvalue weighted by Crippen LogP contribution is 2.33. The Morgan fingerprint density at radius 3 is 2.86 bits per heavy atom. The summed E-state index contributed by atoms with van der Waals surface area (Å²) in [5.74, 6) is -0.376. The molecule has 2 aromatic heterocycles. The lowest BCUT2D eigenvalue weighted by atomic mass is 10.1. The predicted octanol–water partition coefficient (Wildman–Crippen LogP) is 2.35. The number of nitrogens with one attached hydrogen (secondary N) is 3. The van der Waals surface area contributed by atoms with Crippen LogP contribution in [0.2, 0.25) is 0 Å². The number of alkyl halides is 3. The van der Waals surface area contributed by atoms with Gasteiger partial charge in [0.1, 0.15) is 11.3 Å². The second kappa shape index (κ2) is 7.47. The van der Waals surface area contributed by atoms with Crippen LogP contribution in [0.1, 0.15) is 17.5 Å². The largest absolute Gasteiger partial charge is 0.416 e. The summed E-state index contributed by atoms with van der Waals surface area (Å²) in [4.78, 5) is 23.2. The Kier molecular flexibility index (Phi) is 4.99. The summed E-state index contributed by atoms with van der Waals surface area (Å²) in [5.41, 5.74) is -2.07. The van der Waals surface area contributed by atoms with Gasteiger partial charge in [-0.3, -0.25) is 4.57 Å². The Morgan fingerprint density at radius 1 is 1.31 bits per heavy atom. The molecule has 154 valence electrons. The third-order valence-corrected chi connectivity index (χ3v) is 4.96. The molecule has 0 bridgehead atoms. The Morgan fingerprint density at radius 2 is 2.14 bits per heavy atom. The maximum absolute atomic E-state index is 14.2. The molecule has 0 aliphatic carbocycles. The Bertz CT molecular complexity index is 1080. The number of imidazole rings is 1. The molecule has 11 heteroatoms. The van der Waals surface area contributed by atoms with Crippen LogP contribution in [0.15, 0.2) is 29.2 Å². The fraction of sp³-hybridized carbons (Fsp3) is 0.389. The van der Waals surface area contributed by atoms with Crippen LogP contribution in [0.25, 0.3) is 11.2 Å². The molecule has 0 amide bonds. The molecule has 1 atom stereocenters. The molecule has 3 aromatic rings. The topological polar surface area (TPSA) is 87.6 Å². The van der Waals surface area contributed by atoms with Crippen molar-refractivity contribution in [3.05, 3.63) is 51.8 Å². The van der Waals surface area contributed by atoms with E-state index in [1.165, 1.54) is 6.20 Å². The number of rotatable bonds is 5. The van der Waals surface area contributed by atoms with E-state index in [0.717, 1.165) is 42.3 Å². The lowest BCUT2D eigenvalue weighted by Gasteiger charge is -2.14. The molecule has 1 saturated heterocycles. The zero-order chi connectivity index (χ0) is 20.6. The molecule has 7 nitrogen and oxygen atoms in total. The van der Waals surface area contributed by atoms with Crippen LogP contribution in [-0.4, -0.2) is 39.2 Å². The lowest BCUT2D eigenvalue weighted by Crippen LogP contribution is -2.21. The van der Waals surface area contributed by atoms with Crippen molar-refractivity contribution in [2.24, 2.45) is 5.92 Å². The van der Waals surface area contributed by atoms with Crippen LogP contribution >= 0.6 is 0 Å². The number of H-pyrrole nitrogens is 1. The summed E-state index contributed by atoms with van der Waals surface area (Å²) < 4.78 is 55.0. The fourth-order valence-corrected chi connectivity index (χ4v) is 3.44. The van der Waals surface area contributed by atoms with Gasteiger partial charge in [0, 0.05) is 12.1 Å². The minimum absolute atomic E-state index is 0.105. The number of fused-ring (bicyclic) bond motifs is 1. The van der Waals surface area contributed by atoms with Gasteiger partial charge >= 0.3 is 11.9 Å². The summed E-state index contributed by atoms with van der Waals surface area (Å²) >= 11 is 0. The van der Waals surface area contributed by atoms with E-state index in [9.17, 15) is 22.4 Å². The van der Waals surface area contributed by atoms with Crippen molar-refractivity contribution < 1.29 is 17.6 Å². The van der Waals surface area contributed by atoms with E-state index >= 15 is 0 Å². The second-order valence-electron chi connectivity index (χ2n) is 6.95. The first-order chi connectivity index (χ1) is 13.8. The maximum Gasteiger partial charge on any atom is 0.416 e. The SMILES string of the molecule is O=c1[nH]c2cnc(NCC3CCNC3)nc2n1Cc1c(F)cccc1C(F)(F)F. The van der Waals surface area contributed by atoms with E-state index in [4.69, 9.17) is 0 Å². The van der Waals surface area contributed by atoms with Crippen LogP contribution in [0.4, 0.5) is 23.5 Å². The number of benzene rings is 1. The quantitative estimate of drug-likeness (QED) is 0.562. The Labute approximate surface area is 162 Å². The summed E-state index contributed by atoms with van der Waals surface area (Å²) in [7, 11) is 0. The summed E-state index contributed by atoms with van der Waals surface area (Å²) in [6.07, 6.45) is -2.36. The molecule has 1 unspecified atom stereocenters. The number of aromatic amines is 1. The van der Waals surface area contributed by atoms with Crippen LogP contribution < -0.4 is 16.3 Å². The highest BCUT2D eigenvalue weighted by Gasteiger charge is 2.34. The van der Waals surface area contributed by atoms with E-state index in [0.29, 0.717) is 12.5 Å². The van der Waals surface area contributed by atoms with Crippen LogP contribution in [0, 0.1) is 11.7 Å². The van der Waals surface area contributed by atoms with Gasteiger partial charge in [0.15, 0.2) is 5.65 Å². The average molecular weight is 410 g/mol. The first-order valence-corrected chi connectivity index (χ1v) is 9.07. The van der Waals surface area contributed by atoms with E-state index in [-0.39, 0.29) is 17.1 Å². The van der Waals surface area contributed by atoms with Gasteiger partial charge in [-0.05, 0) is 37.6 Å². The third-order valence-electron chi connectivity index (χ3n) is 4.96. The average Bonchev–Trinajstić information content (AvgIpc) is 3.28. The lowest BCUT2D eigenvalue weighted by molar-refractivity contribution is -0.138. The Hall–Kier alpha value is -2.95. The first-order valence-electron chi connectivity index (χ1n) is 9.07. The minimum atomic E-state index is -4.75. The molecule has 4 rings (SSSR count). The maximum atomic E-state index is 14.2. The molecular formula is C18H18F4N6O. The van der Waals surface area contributed by atoms with Gasteiger partial charge in [0.25, 0.3) is 0 Å². The number of nitrogens with zero attached hydrogens (tertiary/aromatic N) is 3. The zero-order valence-corrected chi connectivity index (χ0v) is 15.2. The number of hydrogen-bond acceptors (Lipinski definition) is 5. The first kappa shape index (κ1) is 19.4. The number of anilines is 1. The van der Waals surface area contributed by atoms with Crippen molar-refractivity contribution in [1.29, 1.82) is 0 Å². The standard InChI is InChI=1S/C18H18F4N6O/c19-13-3-1-2-12(18(20,21)22)11(13)9-28-15-14(26-17(28)29)8-25-16(27-15)24-7-10-4-5-23-6-10/h1-3,8,10,23H,4-7,9H2,(H,26,29)(H,24,25,27). The Balaban J connectivity index is 1.68. The molecule has 1 aliphatic rings. The predicted molar refractivity (Wildman–Crippen MR) is 98.1 cm³/mol. The number of hydrogen-bond donors (Lipinski definition) is 3. The van der Waals surface area contributed by atoms with Crippen molar-refractivity contribution >= 4 is 17.1 Å². The normalized spacial score (nSPS) is 17.2. The van der Waals surface area contributed by atoms with E-state index in [1.807, 2.05) is 0 Å². The fourth-order valence-electron chi connectivity index (χ4n) is 3.44. The molecule has 0 saturated carbocycles. The van der Waals surface area contributed by atoms with E-state index < -0.39 is 35.4 Å². The number of halogens is 4. The smallest absolute Gasteiger partial charge is 0.354 e. The van der Waals surface area contributed by atoms with E-state index in [1.54, 1.807) is 0 Å². The second-order valence-corrected chi connectivity index (χ2v) is 6.95. The zero-order valence-electron chi connectivity index (χ0n) is 15.2. The third kappa shape index (κ3) is 3.95. The highest BCUT2D eigenvalue weighted by molar-refractivity contribution is 5.71. The van der Waals surface area contributed by atoms with Gasteiger partial charge in [-0.2, -0.15) is 18.2 Å². The van der Waals surface area contributed by atoms with Crippen molar-refractivity contribution in [3.8, 4) is 0 Å². The molecule has 0 radical (unpaired) electrons. The van der Waals surface area contributed by atoms with Gasteiger partial charge in [-0.25, -0.2) is 14.2 Å². The minimum Gasteiger partial charge on any atom is -0.354 e. The van der Waals surface area contributed by atoms with Gasteiger partial charge < -0.3 is 15.6 Å². The van der Waals surface area contributed by atoms with Crippen LogP contribution in [-0.2, 0) is 12.7 Å². The summed E-state index contributed by atoms with van der Waals surface area (Å²) in [6.45, 7) is 1.83.